The molecule has 4 nitrogen and oxygen atoms in total. The van der Waals surface area contributed by atoms with E-state index in [0.29, 0.717) is 12.1 Å². The lowest BCUT2D eigenvalue weighted by molar-refractivity contribution is 0.282. The summed E-state index contributed by atoms with van der Waals surface area (Å²) in [7, 11) is -3.52. The van der Waals surface area contributed by atoms with Gasteiger partial charge in [0.25, 0.3) is 0 Å². The Morgan fingerprint density at radius 1 is 1.14 bits per heavy atom. The fourth-order valence-corrected chi connectivity index (χ4v) is 3.42. The van der Waals surface area contributed by atoms with Crippen LogP contribution in [0.25, 0.3) is 0 Å². The van der Waals surface area contributed by atoms with Gasteiger partial charge in [0.05, 0.1) is 11.5 Å². The van der Waals surface area contributed by atoms with Crippen LogP contribution in [0.2, 0.25) is 5.02 Å². The average Bonchev–Trinajstić information content (AvgIpc) is 2.46. The molecule has 21 heavy (non-hydrogen) atoms. The molecule has 1 aromatic carbocycles. The normalized spacial score (nSPS) is 11.8. The summed E-state index contributed by atoms with van der Waals surface area (Å²) < 4.78 is 26.8. The molecule has 0 heterocycles. The fourth-order valence-electron chi connectivity index (χ4n) is 2.02. The zero-order valence-electron chi connectivity index (χ0n) is 12.4. The van der Waals surface area contributed by atoms with E-state index in [1.54, 1.807) is 0 Å². The summed E-state index contributed by atoms with van der Waals surface area (Å²) >= 11 is 5.92. The predicted octanol–water partition coefficient (Wildman–Crippen LogP) is 3.47. The molecule has 6 heteroatoms. The van der Waals surface area contributed by atoms with E-state index in [1.807, 2.05) is 0 Å². The van der Waals surface area contributed by atoms with Crippen LogP contribution in [0.15, 0.2) is 23.1 Å². The molecule has 0 aliphatic carbocycles. The second-order valence-electron chi connectivity index (χ2n) is 5.08. The summed E-state index contributed by atoms with van der Waals surface area (Å²) in [6.07, 6.45) is 6.67. The molecule has 0 saturated carbocycles. The van der Waals surface area contributed by atoms with Crippen LogP contribution in [0.1, 0.15) is 51.0 Å². The molecule has 0 amide bonds. The Morgan fingerprint density at radius 2 is 1.81 bits per heavy atom. The number of sulfonamides is 1. The Hall–Kier alpha value is -0.620. The van der Waals surface area contributed by atoms with E-state index in [4.69, 9.17) is 16.7 Å². The summed E-state index contributed by atoms with van der Waals surface area (Å²) in [5.41, 5.74) is 0.520. The molecule has 0 radical (unpaired) electrons. The topological polar surface area (TPSA) is 66.4 Å². The Bertz CT molecular complexity index is 532. The maximum atomic E-state index is 12.1. The van der Waals surface area contributed by atoms with Crippen molar-refractivity contribution in [3.8, 4) is 0 Å². The van der Waals surface area contributed by atoms with Crippen molar-refractivity contribution in [1.29, 1.82) is 0 Å². The van der Waals surface area contributed by atoms with Crippen LogP contribution in [0, 0.1) is 0 Å². The molecular formula is C15H24ClNO3S. The molecule has 120 valence electrons. The maximum Gasteiger partial charge on any atom is 0.240 e. The third-order valence-corrected chi connectivity index (χ3v) is 5.14. The number of aliphatic hydroxyl groups excluding tert-OH is 1. The van der Waals surface area contributed by atoms with E-state index < -0.39 is 10.0 Å². The van der Waals surface area contributed by atoms with Gasteiger partial charge in [-0.15, -0.1) is 0 Å². The van der Waals surface area contributed by atoms with Crippen molar-refractivity contribution in [3.05, 3.63) is 28.8 Å². The number of halogens is 1. The van der Waals surface area contributed by atoms with Gasteiger partial charge in [0, 0.05) is 11.6 Å². The molecule has 0 saturated heterocycles. The molecule has 0 aliphatic heterocycles. The third-order valence-electron chi connectivity index (χ3n) is 3.33. The molecule has 0 aromatic heterocycles. The van der Waals surface area contributed by atoms with Gasteiger partial charge in [0.15, 0.2) is 0 Å². The second-order valence-corrected chi connectivity index (χ2v) is 7.25. The van der Waals surface area contributed by atoms with Gasteiger partial charge in [0.1, 0.15) is 0 Å². The molecule has 0 spiro atoms. The number of benzene rings is 1. The number of unbranched alkanes of at least 4 members (excludes halogenated alkanes) is 5. The van der Waals surface area contributed by atoms with Gasteiger partial charge in [0.2, 0.25) is 10.0 Å². The van der Waals surface area contributed by atoms with Gasteiger partial charge in [-0.1, -0.05) is 56.7 Å². The smallest absolute Gasteiger partial charge is 0.240 e. The largest absolute Gasteiger partial charge is 0.392 e. The minimum Gasteiger partial charge on any atom is -0.392 e. The van der Waals surface area contributed by atoms with Gasteiger partial charge >= 0.3 is 0 Å². The quantitative estimate of drug-likeness (QED) is 0.644. The van der Waals surface area contributed by atoms with Gasteiger partial charge in [-0.25, -0.2) is 13.1 Å². The van der Waals surface area contributed by atoms with E-state index in [2.05, 4.69) is 11.6 Å². The van der Waals surface area contributed by atoms with Gasteiger partial charge in [-0.05, 0) is 24.1 Å². The minimum absolute atomic E-state index is 0.135. The van der Waals surface area contributed by atoms with Crippen molar-refractivity contribution in [2.75, 3.05) is 6.54 Å². The van der Waals surface area contributed by atoms with Crippen LogP contribution in [-0.4, -0.2) is 20.1 Å². The molecule has 1 aromatic rings. The van der Waals surface area contributed by atoms with Crippen LogP contribution < -0.4 is 4.72 Å². The molecule has 1 rings (SSSR count). The number of hydrogen-bond acceptors (Lipinski definition) is 3. The molecule has 0 bridgehead atoms. The van der Waals surface area contributed by atoms with E-state index >= 15 is 0 Å². The Labute approximate surface area is 132 Å². The molecule has 0 aliphatic rings. The first-order valence-corrected chi connectivity index (χ1v) is 9.26. The van der Waals surface area contributed by atoms with E-state index in [-0.39, 0.29) is 16.5 Å². The molecule has 0 atom stereocenters. The van der Waals surface area contributed by atoms with Crippen molar-refractivity contribution in [1.82, 2.24) is 4.72 Å². The zero-order chi connectivity index (χ0) is 15.7. The monoisotopic (exact) mass is 333 g/mol. The highest BCUT2D eigenvalue weighted by Gasteiger charge is 2.14. The minimum atomic E-state index is -3.52. The van der Waals surface area contributed by atoms with Crippen LogP contribution in [-0.2, 0) is 16.6 Å². The first-order chi connectivity index (χ1) is 10.0. The van der Waals surface area contributed by atoms with Crippen molar-refractivity contribution in [2.24, 2.45) is 0 Å². The Morgan fingerprint density at radius 3 is 2.43 bits per heavy atom. The summed E-state index contributed by atoms with van der Waals surface area (Å²) in [5, 5.41) is 9.29. The molecule has 2 N–H and O–H groups in total. The third kappa shape index (κ3) is 6.34. The number of hydrogen-bond donors (Lipinski definition) is 2. The van der Waals surface area contributed by atoms with Crippen LogP contribution in [0.5, 0.6) is 0 Å². The van der Waals surface area contributed by atoms with Crippen molar-refractivity contribution < 1.29 is 13.5 Å². The van der Waals surface area contributed by atoms with Crippen molar-refractivity contribution in [2.45, 2.75) is 57.0 Å². The Balaban J connectivity index is 2.45. The number of nitrogens with one attached hydrogen (secondary N) is 1. The van der Waals surface area contributed by atoms with Gasteiger partial charge in [-0.2, -0.15) is 0 Å². The number of rotatable bonds is 10. The summed E-state index contributed by atoms with van der Waals surface area (Å²) in [4.78, 5) is 0.135. The SMILES string of the molecule is CCCCCCCCNS(=O)(=O)c1ccc(CO)c(Cl)c1. The molecule has 0 unspecified atom stereocenters. The molecular weight excluding hydrogens is 310 g/mol. The van der Waals surface area contributed by atoms with Crippen LogP contribution in [0.3, 0.4) is 0 Å². The van der Waals surface area contributed by atoms with E-state index in [1.165, 1.54) is 37.5 Å². The second kappa shape index (κ2) is 9.41. The summed E-state index contributed by atoms with van der Waals surface area (Å²) in [5.74, 6) is 0. The van der Waals surface area contributed by atoms with Crippen LogP contribution in [0.4, 0.5) is 0 Å². The highest BCUT2D eigenvalue weighted by Crippen LogP contribution is 2.20. The predicted molar refractivity (Wildman–Crippen MR) is 85.9 cm³/mol. The maximum absolute atomic E-state index is 12.1. The standard InChI is InChI=1S/C15H24ClNO3S/c1-2-3-4-5-6-7-10-17-21(19,20)14-9-8-13(12-18)15(16)11-14/h8-9,11,17-18H,2-7,10,12H2,1H3. The highest BCUT2D eigenvalue weighted by molar-refractivity contribution is 7.89. The van der Waals surface area contributed by atoms with E-state index in [9.17, 15) is 8.42 Å². The van der Waals surface area contributed by atoms with Crippen molar-refractivity contribution in [3.63, 3.8) is 0 Å². The lowest BCUT2D eigenvalue weighted by Crippen LogP contribution is -2.24. The zero-order valence-corrected chi connectivity index (χ0v) is 14.0. The summed E-state index contributed by atoms with van der Waals surface area (Å²) in [6, 6.07) is 4.36. The first-order valence-electron chi connectivity index (χ1n) is 7.40. The van der Waals surface area contributed by atoms with Gasteiger partial charge < -0.3 is 5.11 Å². The lowest BCUT2D eigenvalue weighted by atomic mass is 10.1. The Kier molecular flexibility index (Phi) is 8.26. The van der Waals surface area contributed by atoms with Crippen molar-refractivity contribution >= 4 is 21.6 Å². The average molecular weight is 334 g/mol. The van der Waals surface area contributed by atoms with Crippen LogP contribution >= 0.6 is 11.6 Å². The van der Waals surface area contributed by atoms with Gasteiger partial charge in [-0.3, -0.25) is 0 Å². The summed E-state index contributed by atoms with van der Waals surface area (Å²) in [6.45, 7) is 2.40. The number of aliphatic hydroxyl groups is 1. The highest BCUT2D eigenvalue weighted by atomic mass is 35.5. The first kappa shape index (κ1) is 18.4. The van der Waals surface area contributed by atoms with E-state index in [0.717, 1.165) is 19.3 Å². The fraction of sp³-hybridized carbons (Fsp3) is 0.600. The molecule has 0 fully saturated rings. The lowest BCUT2D eigenvalue weighted by Gasteiger charge is -2.08.